The highest BCUT2D eigenvalue weighted by Gasteiger charge is 2.26. The lowest BCUT2D eigenvalue weighted by Crippen LogP contribution is -2.39. The second kappa shape index (κ2) is 15.1. The molecule has 1 heterocycles. The van der Waals surface area contributed by atoms with E-state index in [1.165, 1.54) is 18.9 Å². The van der Waals surface area contributed by atoms with Crippen LogP contribution in [0.1, 0.15) is 46.6 Å². The highest BCUT2D eigenvalue weighted by molar-refractivity contribution is 6.32. The number of hydrogen-bond donors (Lipinski definition) is 3. The summed E-state index contributed by atoms with van der Waals surface area (Å²) in [4.78, 5) is 15.5. The minimum absolute atomic E-state index is 0.0540. The molecule has 11 heteroatoms. The third kappa shape index (κ3) is 7.40. The molecular weight excluding hydrogens is 613 g/mol. The number of halogens is 2. The van der Waals surface area contributed by atoms with Crippen molar-refractivity contribution in [2.24, 2.45) is 0 Å². The number of pyridine rings is 1. The number of fused-ring (bicyclic) bond motifs is 1. The van der Waals surface area contributed by atoms with Gasteiger partial charge >= 0.3 is 5.97 Å². The number of aromatic nitrogens is 1. The Balaban J connectivity index is 1.31. The molecule has 0 fully saturated rings. The SMILES string of the molecule is COc1cccc(-c2cccc3c2CCC3CCOc2cc(OCc3cncc(C#N)c3)c(CNC(CO)C(=O)O)cc2Cl)c1F. The first-order chi connectivity index (χ1) is 22.3. The molecule has 238 valence electrons. The van der Waals surface area contributed by atoms with Gasteiger partial charge in [-0.25, -0.2) is 4.39 Å². The smallest absolute Gasteiger partial charge is 0.323 e. The highest BCUT2D eigenvalue weighted by Crippen LogP contribution is 2.42. The van der Waals surface area contributed by atoms with Gasteiger partial charge in [0.1, 0.15) is 30.2 Å². The maximum atomic E-state index is 15.1. The van der Waals surface area contributed by atoms with Crippen LogP contribution in [0.25, 0.3) is 11.1 Å². The number of aliphatic hydroxyl groups excluding tert-OH is 1. The summed E-state index contributed by atoms with van der Waals surface area (Å²) in [5.41, 5.74) is 5.31. The van der Waals surface area contributed by atoms with E-state index in [1.54, 1.807) is 42.6 Å². The lowest BCUT2D eigenvalue weighted by Gasteiger charge is -2.18. The Bertz CT molecular complexity index is 1760. The van der Waals surface area contributed by atoms with Gasteiger partial charge < -0.3 is 24.4 Å². The van der Waals surface area contributed by atoms with Crippen LogP contribution in [-0.2, 0) is 24.4 Å². The first-order valence-electron chi connectivity index (χ1n) is 14.8. The van der Waals surface area contributed by atoms with E-state index in [1.807, 2.05) is 18.2 Å². The Hall–Kier alpha value is -4.69. The third-order valence-corrected chi connectivity index (χ3v) is 8.34. The van der Waals surface area contributed by atoms with Gasteiger partial charge in [-0.3, -0.25) is 15.1 Å². The largest absolute Gasteiger partial charge is 0.494 e. The van der Waals surface area contributed by atoms with Crippen LogP contribution >= 0.6 is 11.6 Å². The van der Waals surface area contributed by atoms with Crippen molar-refractivity contribution in [1.29, 1.82) is 5.26 Å². The molecule has 0 bridgehead atoms. The van der Waals surface area contributed by atoms with Gasteiger partial charge in [-0.1, -0.05) is 41.9 Å². The van der Waals surface area contributed by atoms with Gasteiger partial charge in [0.15, 0.2) is 11.6 Å². The second-order valence-electron chi connectivity index (χ2n) is 10.9. The second-order valence-corrected chi connectivity index (χ2v) is 11.3. The summed E-state index contributed by atoms with van der Waals surface area (Å²) in [5.74, 6) is -0.348. The molecule has 0 aliphatic heterocycles. The van der Waals surface area contributed by atoms with Crippen LogP contribution in [0, 0.1) is 17.1 Å². The van der Waals surface area contributed by atoms with Crippen molar-refractivity contribution in [3.63, 3.8) is 0 Å². The van der Waals surface area contributed by atoms with Crippen LogP contribution in [0.5, 0.6) is 17.2 Å². The van der Waals surface area contributed by atoms with Gasteiger partial charge in [0, 0.05) is 41.7 Å². The first-order valence-corrected chi connectivity index (χ1v) is 15.1. The van der Waals surface area contributed by atoms with Gasteiger partial charge in [0.05, 0.1) is 30.9 Å². The molecule has 4 aromatic rings. The maximum Gasteiger partial charge on any atom is 0.323 e. The van der Waals surface area contributed by atoms with Crippen molar-refractivity contribution in [3.8, 4) is 34.4 Å². The summed E-state index contributed by atoms with van der Waals surface area (Å²) in [6.45, 7) is -0.0852. The van der Waals surface area contributed by atoms with Crippen molar-refractivity contribution in [1.82, 2.24) is 10.3 Å². The number of carbonyl (C=O) groups is 1. The fraction of sp³-hybridized carbons (Fsp3) is 0.286. The summed E-state index contributed by atoms with van der Waals surface area (Å²) >= 11 is 6.61. The number of rotatable bonds is 14. The number of aliphatic hydroxyl groups is 1. The van der Waals surface area contributed by atoms with Crippen LogP contribution in [-0.4, -0.2) is 47.5 Å². The standard InChI is InChI=1S/C35H33ClFN3O6/c1-44-31-7-3-6-28(34(31)37)26-5-2-4-25-23(8-9-27(25)26)10-11-45-33-14-32(46-20-22-12-21(15-38)16-39-17-22)24(13-29(33)36)18-40-30(19-41)35(42)43/h2-7,12-14,16-17,23,30,40-41H,8-11,18-20H2,1H3,(H,42,43). The van der Waals surface area contributed by atoms with Gasteiger partial charge in [-0.2, -0.15) is 5.26 Å². The summed E-state index contributed by atoms with van der Waals surface area (Å²) < 4.78 is 32.5. The number of nitrogens with one attached hydrogen (secondary N) is 1. The predicted octanol–water partition coefficient (Wildman–Crippen LogP) is 6.03. The number of aliphatic carboxylic acids is 1. The maximum absolute atomic E-state index is 15.1. The average Bonchev–Trinajstić information content (AvgIpc) is 3.48. The average molecular weight is 646 g/mol. The number of carboxylic acids is 1. The molecule has 0 saturated carbocycles. The van der Waals surface area contributed by atoms with E-state index in [0.29, 0.717) is 51.8 Å². The normalized spacial score (nSPS) is 14.3. The third-order valence-electron chi connectivity index (χ3n) is 8.05. The number of benzene rings is 3. The van der Waals surface area contributed by atoms with E-state index in [9.17, 15) is 20.3 Å². The molecule has 0 amide bonds. The summed E-state index contributed by atoms with van der Waals surface area (Å²) in [6.07, 6.45) is 5.47. The molecule has 1 aliphatic rings. The minimum Gasteiger partial charge on any atom is -0.494 e. The zero-order chi connectivity index (χ0) is 32.6. The first kappa shape index (κ1) is 32.7. The van der Waals surface area contributed by atoms with E-state index in [-0.39, 0.29) is 30.6 Å². The van der Waals surface area contributed by atoms with Crippen LogP contribution in [0.4, 0.5) is 4.39 Å². The Labute approximate surface area is 271 Å². The van der Waals surface area contributed by atoms with Crippen LogP contribution in [0.15, 0.2) is 67.0 Å². The Kier molecular flexibility index (Phi) is 10.7. The van der Waals surface area contributed by atoms with E-state index in [0.717, 1.165) is 24.0 Å². The number of carboxylic acid groups (broad SMARTS) is 1. The highest BCUT2D eigenvalue weighted by atomic mass is 35.5. The van der Waals surface area contributed by atoms with Gasteiger partial charge in [0.25, 0.3) is 0 Å². The zero-order valence-corrected chi connectivity index (χ0v) is 25.9. The molecule has 2 atom stereocenters. The quantitative estimate of drug-likeness (QED) is 0.150. The van der Waals surface area contributed by atoms with Crippen LogP contribution in [0.3, 0.4) is 0 Å². The Morgan fingerprint density at radius 2 is 1.93 bits per heavy atom. The van der Waals surface area contributed by atoms with Crippen molar-refractivity contribution in [2.45, 2.75) is 44.4 Å². The Morgan fingerprint density at radius 3 is 2.70 bits per heavy atom. The van der Waals surface area contributed by atoms with Gasteiger partial charge in [-0.05, 0) is 60.1 Å². The summed E-state index contributed by atoms with van der Waals surface area (Å²) in [6, 6.07) is 17.0. The van der Waals surface area contributed by atoms with E-state index < -0.39 is 18.6 Å². The van der Waals surface area contributed by atoms with Crippen molar-refractivity contribution >= 4 is 17.6 Å². The number of ether oxygens (including phenoxy) is 3. The number of nitrogens with zero attached hydrogens (tertiary/aromatic N) is 2. The molecule has 1 aliphatic carbocycles. The number of nitriles is 1. The summed E-state index contributed by atoms with van der Waals surface area (Å²) in [5, 5.41) is 31.1. The molecular formula is C35H33ClFN3O6. The molecule has 0 radical (unpaired) electrons. The van der Waals surface area contributed by atoms with Crippen molar-refractivity contribution in [2.75, 3.05) is 20.3 Å². The molecule has 0 spiro atoms. The zero-order valence-electron chi connectivity index (χ0n) is 25.1. The fourth-order valence-corrected chi connectivity index (χ4v) is 5.93. The van der Waals surface area contributed by atoms with E-state index >= 15 is 4.39 Å². The lowest BCUT2D eigenvalue weighted by atomic mass is 9.93. The molecule has 46 heavy (non-hydrogen) atoms. The molecule has 5 rings (SSSR count). The van der Waals surface area contributed by atoms with Gasteiger partial charge in [0.2, 0.25) is 0 Å². The monoisotopic (exact) mass is 645 g/mol. The van der Waals surface area contributed by atoms with Crippen molar-refractivity contribution in [3.05, 3.63) is 106 Å². The lowest BCUT2D eigenvalue weighted by molar-refractivity contribution is -0.140. The van der Waals surface area contributed by atoms with Gasteiger partial charge in [-0.15, -0.1) is 0 Å². The fourth-order valence-electron chi connectivity index (χ4n) is 5.69. The summed E-state index contributed by atoms with van der Waals surface area (Å²) in [7, 11) is 1.46. The van der Waals surface area contributed by atoms with E-state index in [4.69, 9.17) is 25.8 Å². The number of methoxy groups -OCH3 is 1. The Morgan fingerprint density at radius 1 is 1.13 bits per heavy atom. The van der Waals surface area contributed by atoms with Crippen LogP contribution in [0.2, 0.25) is 5.02 Å². The predicted molar refractivity (Wildman–Crippen MR) is 170 cm³/mol. The van der Waals surface area contributed by atoms with E-state index in [2.05, 4.69) is 16.4 Å². The molecule has 0 saturated heterocycles. The molecule has 9 nitrogen and oxygen atoms in total. The van der Waals surface area contributed by atoms with Crippen molar-refractivity contribution < 1.29 is 33.6 Å². The molecule has 3 aromatic carbocycles. The molecule has 3 N–H and O–H groups in total. The number of hydrogen-bond acceptors (Lipinski definition) is 8. The molecule has 1 aromatic heterocycles. The molecule has 2 unspecified atom stereocenters. The topological polar surface area (TPSA) is 134 Å². The van der Waals surface area contributed by atoms with Crippen LogP contribution < -0.4 is 19.5 Å². The minimum atomic E-state index is -1.19.